The van der Waals surface area contributed by atoms with Crippen molar-refractivity contribution in [1.29, 1.82) is 5.41 Å². The van der Waals surface area contributed by atoms with Gasteiger partial charge in [-0.25, -0.2) is 4.98 Å². The Morgan fingerprint density at radius 1 is 0.781 bits per heavy atom. The predicted molar refractivity (Wildman–Crippen MR) is 238 cm³/mol. The molecule has 3 aromatic rings. The largest absolute Gasteiger partial charge is 0.621 e. The summed E-state index contributed by atoms with van der Waals surface area (Å²) in [5.41, 5.74) is 3.92. The van der Waals surface area contributed by atoms with Crippen molar-refractivity contribution in [2.45, 2.75) is 97.1 Å². The van der Waals surface area contributed by atoms with Crippen molar-refractivity contribution < 1.29 is 48.0 Å². The molecule has 0 radical (unpaired) electrons. The maximum Gasteiger partial charge on any atom is 0.621 e. The molecule has 64 heavy (non-hydrogen) atoms. The van der Waals surface area contributed by atoms with Crippen LogP contribution in [-0.2, 0) is 52.3 Å². The van der Waals surface area contributed by atoms with E-state index in [0.717, 1.165) is 23.8 Å². The van der Waals surface area contributed by atoms with Crippen LogP contribution < -0.4 is 21.3 Å². The smallest absolute Gasteiger partial charge is 0.517 e. The van der Waals surface area contributed by atoms with Crippen molar-refractivity contribution >= 4 is 49.8 Å². The lowest BCUT2D eigenvalue weighted by Crippen LogP contribution is -2.56. The Balaban J connectivity index is 1.15. The molecule has 0 fully saturated rings. The van der Waals surface area contributed by atoms with Crippen LogP contribution in [-0.4, -0.2) is 100 Å². The van der Waals surface area contributed by atoms with Crippen molar-refractivity contribution in [1.82, 2.24) is 31.2 Å². The van der Waals surface area contributed by atoms with Gasteiger partial charge in [0, 0.05) is 38.0 Å². The number of aromatic nitrogens is 2. The van der Waals surface area contributed by atoms with E-state index in [0.29, 0.717) is 25.8 Å². The molecule has 20 heteroatoms. The summed E-state index contributed by atoms with van der Waals surface area (Å²) in [7, 11) is -2.63. The van der Waals surface area contributed by atoms with Crippen LogP contribution in [0.4, 0.5) is 0 Å². The van der Waals surface area contributed by atoms with Gasteiger partial charge >= 0.3 is 26.1 Å². The SMILES string of the molecule is CCCN=C(C=N)C(=O)NC(Cc1ccccc1)C(=O)NC(CC(C)C)B1OC(O)=C(C2=C(O)OB(C(CC(C)C)NC(=O)C(Cc3ccc4c(c3)C4)NC(=O)c3cnccn3)O2)O1. The highest BCUT2D eigenvalue weighted by atomic mass is 16.7. The van der Waals surface area contributed by atoms with Gasteiger partial charge in [0.05, 0.1) is 18.1 Å². The lowest BCUT2D eigenvalue weighted by Gasteiger charge is -2.25. The molecular weight excluding hydrogens is 822 g/mol. The van der Waals surface area contributed by atoms with Gasteiger partial charge in [-0.1, -0.05) is 83.1 Å². The van der Waals surface area contributed by atoms with Crippen molar-refractivity contribution in [3.8, 4) is 0 Å². The number of rotatable bonds is 22. The van der Waals surface area contributed by atoms with Crippen LogP contribution in [0.1, 0.15) is 86.6 Å². The summed E-state index contributed by atoms with van der Waals surface area (Å²) >= 11 is 0. The third kappa shape index (κ3) is 12.4. The Morgan fingerprint density at radius 3 is 1.91 bits per heavy atom. The minimum Gasteiger partial charge on any atom is -0.517 e. The molecule has 7 N–H and O–H groups in total. The maximum atomic E-state index is 14.1. The van der Waals surface area contributed by atoms with Crippen molar-refractivity contribution in [3.63, 3.8) is 0 Å². The minimum atomic E-state index is -1.32. The first-order valence-corrected chi connectivity index (χ1v) is 21.4. The predicted octanol–water partition coefficient (Wildman–Crippen LogP) is 3.61. The fraction of sp³-hybridized carbons (Fsp3) is 0.409. The molecule has 3 heterocycles. The molecule has 2 aromatic carbocycles. The Bertz CT molecular complexity index is 2280. The molecule has 4 atom stereocenters. The number of hydrogen-bond acceptors (Lipinski definition) is 14. The molecule has 336 valence electrons. The molecule has 4 amide bonds. The Kier molecular flexibility index (Phi) is 15.7. The number of carbonyl (C=O) groups is 4. The molecule has 0 spiro atoms. The Labute approximate surface area is 372 Å². The molecule has 3 aliphatic rings. The first kappa shape index (κ1) is 46.6. The highest BCUT2D eigenvalue weighted by Crippen LogP contribution is 2.34. The lowest BCUT2D eigenvalue weighted by atomic mass is 9.73. The number of hydrogen-bond donors (Lipinski definition) is 7. The van der Waals surface area contributed by atoms with Crippen molar-refractivity contribution in [2.75, 3.05) is 6.54 Å². The van der Waals surface area contributed by atoms with Gasteiger partial charge in [0.25, 0.3) is 11.8 Å². The van der Waals surface area contributed by atoms with E-state index in [1.54, 1.807) is 0 Å². The van der Waals surface area contributed by atoms with Gasteiger partial charge in [-0.2, -0.15) is 0 Å². The number of fused-ring (bicyclic) bond motifs is 1. The third-order valence-electron chi connectivity index (χ3n) is 10.4. The van der Waals surface area contributed by atoms with Gasteiger partial charge in [0.15, 0.2) is 0 Å². The molecule has 1 aromatic heterocycles. The number of aliphatic imine (C=N–C) groups is 1. The molecule has 6 rings (SSSR count). The summed E-state index contributed by atoms with van der Waals surface area (Å²) in [6, 6.07) is 12.8. The number of benzene rings is 2. The summed E-state index contributed by atoms with van der Waals surface area (Å²) in [5.74, 6) is -6.56. The molecule has 0 saturated heterocycles. The van der Waals surface area contributed by atoms with E-state index in [9.17, 15) is 29.4 Å². The molecule has 2 aliphatic heterocycles. The second-order valence-corrected chi connectivity index (χ2v) is 16.7. The second-order valence-electron chi connectivity index (χ2n) is 16.7. The zero-order valence-corrected chi connectivity index (χ0v) is 36.5. The van der Waals surface area contributed by atoms with Crippen molar-refractivity contribution in [2.24, 2.45) is 16.8 Å². The van der Waals surface area contributed by atoms with E-state index in [2.05, 4.69) is 36.2 Å². The van der Waals surface area contributed by atoms with E-state index < -0.39 is 85.2 Å². The Hall–Kier alpha value is -6.85. The van der Waals surface area contributed by atoms with Gasteiger partial charge in [-0.3, -0.25) is 29.2 Å². The number of aliphatic hydroxyl groups excluding tert-OH is 2. The van der Waals surface area contributed by atoms with Crippen LogP contribution >= 0.6 is 0 Å². The van der Waals surface area contributed by atoms with Gasteiger partial charge < -0.3 is 55.5 Å². The standard InChI is InChI=1S/C44H54B2N8O10/c1-6-14-49-33(23-47)41(57)51-31(20-27-10-8-7-9-11-27)39(55)53-35(17-25(2)3)45-61-37(43(59)63-45)38-44(60)64-46(62-38)36(18-26(4)5)54-40(56)32(21-28-12-13-29-22-30(29)19-28)52-42(58)34-24-48-15-16-50-34/h7-13,15-16,19,23-26,31-32,35-36,47,59-60H,6,14,17-18,20-22H2,1-5H3,(H,51,57)(H,52,58)(H,53,55)(H,54,56). The van der Waals surface area contributed by atoms with Gasteiger partial charge in [0.2, 0.25) is 23.3 Å². The highest BCUT2D eigenvalue weighted by molar-refractivity contribution is 6.60. The number of aliphatic hydroxyl groups is 2. The monoisotopic (exact) mass is 876 g/mol. The molecular formula is C44H54B2N8O10. The number of nitrogens with one attached hydrogen (secondary N) is 5. The maximum absolute atomic E-state index is 14.1. The fourth-order valence-electron chi connectivity index (χ4n) is 7.27. The number of amides is 4. The summed E-state index contributed by atoms with van der Waals surface area (Å²) < 4.78 is 23.6. The van der Waals surface area contributed by atoms with E-state index in [-0.39, 0.29) is 36.1 Å². The first-order chi connectivity index (χ1) is 30.7. The van der Waals surface area contributed by atoms with Crippen LogP contribution in [0.25, 0.3) is 0 Å². The van der Waals surface area contributed by atoms with Gasteiger partial charge in [-0.15, -0.1) is 0 Å². The second kappa shape index (κ2) is 21.5. The molecule has 18 nitrogen and oxygen atoms in total. The summed E-state index contributed by atoms with van der Waals surface area (Å²) in [4.78, 5) is 66.8. The summed E-state index contributed by atoms with van der Waals surface area (Å²) in [6.45, 7) is 9.89. The van der Waals surface area contributed by atoms with Crippen LogP contribution in [0.2, 0.25) is 0 Å². The van der Waals surface area contributed by atoms with Crippen LogP contribution in [0.5, 0.6) is 0 Å². The minimum absolute atomic E-state index is 0.0141. The van der Waals surface area contributed by atoms with Crippen LogP contribution in [0.3, 0.4) is 0 Å². The topological polar surface area (TPSA) is 256 Å². The summed E-state index contributed by atoms with van der Waals surface area (Å²) in [6.07, 6.45) is 7.36. The molecule has 1 aliphatic carbocycles. The Morgan fingerprint density at radius 2 is 1.38 bits per heavy atom. The lowest BCUT2D eigenvalue weighted by molar-refractivity contribution is -0.126. The van der Waals surface area contributed by atoms with Gasteiger partial charge in [-0.05, 0) is 59.8 Å². The van der Waals surface area contributed by atoms with Crippen molar-refractivity contribution in [3.05, 3.63) is 118 Å². The van der Waals surface area contributed by atoms with E-state index in [1.165, 1.54) is 29.7 Å². The van der Waals surface area contributed by atoms with Crippen LogP contribution in [0.15, 0.2) is 95.5 Å². The first-order valence-electron chi connectivity index (χ1n) is 21.4. The highest BCUT2D eigenvalue weighted by Gasteiger charge is 2.51. The zero-order valence-electron chi connectivity index (χ0n) is 36.5. The van der Waals surface area contributed by atoms with E-state index in [4.69, 9.17) is 24.0 Å². The summed E-state index contributed by atoms with van der Waals surface area (Å²) in [5, 5.41) is 41.3. The average molecular weight is 877 g/mol. The normalized spacial score (nSPS) is 16.1. The zero-order chi connectivity index (χ0) is 45.9. The number of nitrogens with zero attached hydrogens (tertiary/aromatic N) is 3. The quantitative estimate of drug-likeness (QED) is 0.0442. The molecule has 0 bridgehead atoms. The molecule has 0 saturated carbocycles. The fourth-order valence-corrected chi connectivity index (χ4v) is 7.27. The van der Waals surface area contributed by atoms with Crippen LogP contribution in [0, 0.1) is 17.2 Å². The van der Waals surface area contributed by atoms with Gasteiger partial charge in [0.1, 0.15) is 23.5 Å². The third-order valence-corrected chi connectivity index (χ3v) is 10.4. The number of carbonyl (C=O) groups excluding carboxylic acids is 4. The van der Waals surface area contributed by atoms with E-state index >= 15 is 0 Å². The van der Waals surface area contributed by atoms with E-state index in [1.807, 2.05) is 83.1 Å². The molecule has 4 unspecified atom stereocenters. The average Bonchev–Trinajstić information content (AvgIpc) is 3.79.